The molecule has 0 atom stereocenters. The fraction of sp³-hybridized carbons (Fsp3) is 0.250. The Kier molecular flexibility index (Phi) is 7.22. The van der Waals surface area contributed by atoms with Crippen molar-refractivity contribution in [1.29, 1.82) is 0 Å². The molecule has 0 N–H and O–H groups in total. The van der Waals surface area contributed by atoms with Crippen LogP contribution >= 0.6 is 11.3 Å². The molecular formula is C20H22N6O2S. The lowest BCUT2D eigenvalue weighted by Crippen LogP contribution is -2.20. The van der Waals surface area contributed by atoms with Crippen molar-refractivity contribution in [3.63, 3.8) is 0 Å². The van der Waals surface area contributed by atoms with Crippen LogP contribution in [0, 0.1) is 19.8 Å². The average molecular weight is 411 g/mol. The number of nitrogens with zero attached hydrogens (tertiary/aromatic N) is 6. The molecule has 0 saturated carbocycles. The number of fused-ring (bicyclic) bond motifs is 3. The first kappa shape index (κ1) is 21.8. The maximum Gasteiger partial charge on any atom is 0.271 e. The topological polar surface area (TPSA) is 89.9 Å². The van der Waals surface area contributed by atoms with Crippen LogP contribution in [-0.4, -0.2) is 38.9 Å². The van der Waals surface area contributed by atoms with Crippen LogP contribution in [0.5, 0.6) is 0 Å². The lowest BCUT2D eigenvalue weighted by Gasteiger charge is -2.13. The van der Waals surface area contributed by atoms with E-state index in [2.05, 4.69) is 44.3 Å². The molecule has 0 amide bonds. The summed E-state index contributed by atoms with van der Waals surface area (Å²) in [6.45, 7) is 7.31. The molecule has 8 nitrogen and oxygen atoms in total. The molecule has 0 aromatic carbocycles. The second-order valence-corrected chi connectivity index (χ2v) is 7.07. The van der Waals surface area contributed by atoms with Crippen LogP contribution in [0.1, 0.15) is 18.3 Å². The van der Waals surface area contributed by atoms with Crippen LogP contribution in [0.2, 0.25) is 0 Å². The van der Waals surface area contributed by atoms with Gasteiger partial charge in [-0.1, -0.05) is 16.4 Å². The predicted molar refractivity (Wildman–Crippen MR) is 117 cm³/mol. The molecule has 0 fully saturated rings. The molecular weight excluding hydrogens is 388 g/mol. The molecule has 0 aliphatic heterocycles. The van der Waals surface area contributed by atoms with Gasteiger partial charge < -0.3 is 4.90 Å². The van der Waals surface area contributed by atoms with Crippen LogP contribution in [0.3, 0.4) is 0 Å². The van der Waals surface area contributed by atoms with Gasteiger partial charge in [-0.2, -0.15) is 0 Å². The van der Waals surface area contributed by atoms with E-state index in [1.54, 1.807) is 19.2 Å². The number of allylic oxidation sites excluding steroid dienone is 1. The Morgan fingerprint density at radius 3 is 2.59 bits per heavy atom. The van der Waals surface area contributed by atoms with Crippen molar-refractivity contribution in [3.05, 3.63) is 53.0 Å². The highest BCUT2D eigenvalue weighted by Gasteiger charge is 2.17. The molecule has 0 unspecified atom stereocenters. The molecule has 9 heteroatoms. The van der Waals surface area contributed by atoms with Gasteiger partial charge in [0.2, 0.25) is 0 Å². The molecule has 0 aliphatic rings. The van der Waals surface area contributed by atoms with Gasteiger partial charge >= 0.3 is 0 Å². The van der Waals surface area contributed by atoms with Crippen molar-refractivity contribution in [2.24, 2.45) is 0 Å². The standard InChI is InChI=1S/C15H14N6O2S.C3H6.C2H2/c1-8-9(19-23-18-8)6-21-7-17-12-11-10(20(2)3)4-5-16-14(11)24-13(12)15(21)22;1-3-2;1-2/h4-5,7H,6H2,1-3H3;3H,1H2,2H3;1-2H. The van der Waals surface area contributed by atoms with Gasteiger partial charge in [-0.05, 0) is 19.9 Å². The summed E-state index contributed by atoms with van der Waals surface area (Å²) in [5.41, 5.74) is 2.84. The largest absolute Gasteiger partial charge is 0.377 e. The molecule has 4 rings (SSSR count). The summed E-state index contributed by atoms with van der Waals surface area (Å²) in [6, 6.07) is 1.92. The maximum atomic E-state index is 12.8. The summed E-state index contributed by atoms with van der Waals surface area (Å²) in [7, 11) is 3.92. The highest BCUT2D eigenvalue weighted by molar-refractivity contribution is 7.25. The summed E-state index contributed by atoms with van der Waals surface area (Å²) in [5, 5.41) is 8.47. The van der Waals surface area contributed by atoms with Crippen molar-refractivity contribution in [1.82, 2.24) is 24.8 Å². The number of hydrogen-bond donors (Lipinski definition) is 0. The number of thiophene rings is 1. The Morgan fingerprint density at radius 1 is 1.31 bits per heavy atom. The molecule has 0 aliphatic carbocycles. The van der Waals surface area contributed by atoms with Gasteiger partial charge in [0.25, 0.3) is 5.56 Å². The molecule has 0 saturated heterocycles. The van der Waals surface area contributed by atoms with E-state index in [1.165, 1.54) is 22.2 Å². The van der Waals surface area contributed by atoms with Crippen molar-refractivity contribution in [2.45, 2.75) is 20.4 Å². The average Bonchev–Trinajstić information content (AvgIpc) is 3.29. The lowest BCUT2D eigenvalue weighted by atomic mass is 10.2. The first-order valence-electron chi connectivity index (χ1n) is 8.60. The third-order valence-corrected chi connectivity index (χ3v) is 4.95. The van der Waals surface area contributed by atoms with E-state index in [9.17, 15) is 4.79 Å². The Hall–Kier alpha value is -3.51. The van der Waals surface area contributed by atoms with Crippen molar-refractivity contribution < 1.29 is 4.63 Å². The van der Waals surface area contributed by atoms with Crippen LogP contribution < -0.4 is 10.5 Å². The monoisotopic (exact) mass is 410 g/mol. The van der Waals surface area contributed by atoms with Gasteiger partial charge in [0.15, 0.2) is 0 Å². The smallest absolute Gasteiger partial charge is 0.271 e. The maximum absolute atomic E-state index is 12.8. The Morgan fingerprint density at radius 2 is 2.00 bits per heavy atom. The summed E-state index contributed by atoms with van der Waals surface area (Å²) in [4.78, 5) is 24.5. The third kappa shape index (κ3) is 4.33. The zero-order valence-electron chi connectivity index (χ0n) is 16.8. The SMILES string of the molecule is C#C.C=CC.Cc1nonc1Cn1cnc2c(sc3nccc(N(C)C)c32)c1=O. The molecule has 0 spiro atoms. The Bertz CT molecular complexity index is 1200. The van der Waals surface area contributed by atoms with E-state index in [1.807, 2.05) is 32.0 Å². The predicted octanol–water partition coefficient (Wildman–Crippen LogP) is 3.25. The lowest BCUT2D eigenvalue weighted by molar-refractivity contribution is 0.300. The van der Waals surface area contributed by atoms with Gasteiger partial charge in [0, 0.05) is 20.3 Å². The van der Waals surface area contributed by atoms with Crippen LogP contribution in [0.25, 0.3) is 20.4 Å². The molecule has 0 bridgehead atoms. The number of pyridine rings is 1. The zero-order valence-corrected chi connectivity index (χ0v) is 17.6. The minimum absolute atomic E-state index is 0.116. The van der Waals surface area contributed by atoms with Crippen molar-refractivity contribution >= 4 is 37.5 Å². The number of aryl methyl sites for hydroxylation is 1. The third-order valence-electron chi connectivity index (χ3n) is 3.87. The normalized spacial score (nSPS) is 10.0. The van der Waals surface area contributed by atoms with Gasteiger partial charge in [-0.25, -0.2) is 14.6 Å². The van der Waals surface area contributed by atoms with Crippen LogP contribution in [0.4, 0.5) is 5.69 Å². The van der Waals surface area contributed by atoms with Crippen LogP contribution in [0.15, 0.2) is 40.7 Å². The van der Waals surface area contributed by atoms with E-state index in [-0.39, 0.29) is 12.1 Å². The van der Waals surface area contributed by atoms with Gasteiger partial charge in [-0.3, -0.25) is 9.36 Å². The minimum atomic E-state index is -0.116. The van der Waals surface area contributed by atoms with Crippen LogP contribution in [-0.2, 0) is 6.54 Å². The number of rotatable bonds is 3. The van der Waals surface area contributed by atoms with E-state index in [4.69, 9.17) is 0 Å². The number of terminal acetylenes is 1. The molecule has 4 heterocycles. The van der Waals surface area contributed by atoms with E-state index >= 15 is 0 Å². The molecule has 4 aromatic rings. The Balaban J connectivity index is 0.000000551. The second kappa shape index (κ2) is 9.61. The fourth-order valence-corrected chi connectivity index (χ4v) is 3.68. The summed E-state index contributed by atoms with van der Waals surface area (Å²) in [6.07, 6.45) is 13.0. The zero-order chi connectivity index (χ0) is 21.6. The van der Waals surface area contributed by atoms with E-state index < -0.39 is 0 Å². The first-order chi connectivity index (χ1) is 14.0. The van der Waals surface area contributed by atoms with Gasteiger partial charge in [0.05, 0.1) is 29.5 Å². The summed E-state index contributed by atoms with van der Waals surface area (Å²) < 4.78 is 6.79. The quantitative estimate of drug-likeness (QED) is 0.378. The second-order valence-electron chi connectivity index (χ2n) is 6.07. The molecule has 0 radical (unpaired) electrons. The summed E-state index contributed by atoms with van der Waals surface area (Å²) in [5.74, 6) is 0. The van der Waals surface area contributed by atoms with Crippen molar-refractivity contribution in [3.8, 4) is 12.8 Å². The molecule has 4 aromatic heterocycles. The van der Waals surface area contributed by atoms with E-state index in [0.717, 1.165) is 15.9 Å². The highest BCUT2D eigenvalue weighted by Crippen LogP contribution is 2.34. The molecule has 29 heavy (non-hydrogen) atoms. The number of aromatic nitrogens is 5. The minimum Gasteiger partial charge on any atom is -0.377 e. The first-order valence-corrected chi connectivity index (χ1v) is 9.42. The van der Waals surface area contributed by atoms with Gasteiger partial charge in [0.1, 0.15) is 20.9 Å². The van der Waals surface area contributed by atoms with Gasteiger partial charge in [-0.15, -0.1) is 30.8 Å². The molecule has 150 valence electrons. The summed E-state index contributed by atoms with van der Waals surface area (Å²) >= 11 is 1.36. The number of hydrogen-bond acceptors (Lipinski definition) is 8. The Labute approximate surface area is 172 Å². The number of anilines is 1. The van der Waals surface area contributed by atoms with Crippen molar-refractivity contribution in [2.75, 3.05) is 19.0 Å². The van der Waals surface area contributed by atoms with E-state index in [0.29, 0.717) is 21.6 Å². The fourth-order valence-electron chi connectivity index (χ4n) is 2.61. The highest BCUT2D eigenvalue weighted by atomic mass is 32.1.